The summed E-state index contributed by atoms with van der Waals surface area (Å²) in [4.78, 5) is 37.7. The Hall–Kier alpha value is -1.85. The lowest BCUT2D eigenvalue weighted by molar-refractivity contribution is -0.159. The van der Waals surface area contributed by atoms with Gasteiger partial charge in [0.25, 0.3) is 0 Å². The SMILES string of the molecule is CC1=C2CCCC[C@@]2(C)CC(OC(=O)[C@@H](NC(=O)OC(C)(C)C)C(C)C)C1=O. The summed E-state index contributed by atoms with van der Waals surface area (Å²) in [6.45, 7) is 12.9. The van der Waals surface area contributed by atoms with Crippen molar-refractivity contribution in [3.05, 3.63) is 11.1 Å². The molecule has 0 saturated heterocycles. The molecule has 2 aliphatic rings. The van der Waals surface area contributed by atoms with Gasteiger partial charge in [-0.1, -0.05) is 32.8 Å². The van der Waals surface area contributed by atoms with Gasteiger partial charge in [-0.15, -0.1) is 0 Å². The van der Waals surface area contributed by atoms with E-state index >= 15 is 0 Å². The molecule has 0 aromatic heterocycles. The van der Waals surface area contributed by atoms with E-state index in [9.17, 15) is 14.4 Å². The molecular formula is C22H35NO5. The highest BCUT2D eigenvalue weighted by molar-refractivity contribution is 6.01. The van der Waals surface area contributed by atoms with Crippen molar-refractivity contribution in [2.24, 2.45) is 11.3 Å². The van der Waals surface area contributed by atoms with E-state index in [1.165, 1.54) is 5.57 Å². The first kappa shape index (κ1) is 22.4. The molecule has 0 aliphatic heterocycles. The molecule has 1 amide bonds. The van der Waals surface area contributed by atoms with Gasteiger partial charge in [-0.2, -0.15) is 0 Å². The van der Waals surface area contributed by atoms with Gasteiger partial charge in [0.15, 0.2) is 11.9 Å². The number of carbonyl (C=O) groups is 3. The predicted octanol–water partition coefficient (Wildman–Crippen LogP) is 4.32. The van der Waals surface area contributed by atoms with E-state index in [4.69, 9.17) is 9.47 Å². The molecule has 2 aliphatic carbocycles. The molecule has 0 heterocycles. The molecule has 158 valence electrons. The second kappa shape index (κ2) is 8.26. The van der Waals surface area contributed by atoms with Gasteiger partial charge in [-0.25, -0.2) is 9.59 Å². The quantitative estimate of drug-likeness (QED) is 0.720. The van der Waals surface area contributed by atoms with Crippen molar-refractivity contribution in [3.8, 4) is 0 Å². The molecular weight excluding hydrogens is 358 g/mol. The number of ether oxygens (including phenoxy) is 2. The largest absolute Gasteiger partial charge is 0.452 e. The van der Waals surface area contributed by atoms with Crippen LogP contribution in [0.15, 0.2) is 11.1 Å². The molecule has 0 aromatic rings. The molecule has 1 unspecified atom stereocenters. The van der Waals surface area contributed by atoms with Gasteiger partial charge in [-0.3, -0.25) is 4.79 Å². The third kappa shape index (κ3) is 5.15. The monoisotopic (exact) mass is 393 g/mol. The lowest BCUT2D eigenvalue weighted by Crippen LogP contribution is -2.50. The number of hydrogen-bond donors (Lipinski definition) is 1. The number of ketones is 1. The van der Waals surface area contributed by atoms with E-state index in [0.717, 1.165) is 31.3 Å². The molecule has 6 nitrogen and oxygen atoms in total. The van der Waals surface area contributed by atoms with Crippen molar-refractivity contribution in [1.29, 1.82) is 0 Å². The molecule has 0 bridgehead atoms. The number of nitrogens with one attached hydrogen (secondary N) is 1. The summed E-state index contributed by atoms with van der Waals surface area (Å²) in [5, 5.41) is 2.60. The molecule has 28 heavy (non-hydrogen) atoms. The lowest BCUT2D eigenvalue weighted by atomic mass is 9.63. The van der Waals surface area contributed by atoms with Crippen LogP contribution in [-0.4, -0.2) is 35.6 Å². The van der Waals surface area contributed by atoms with Crippen LogP contribution in [0.1, 0.15) is 80.6 Å². The molecule has 2 rings (SSSR count). The average molecular weight is 394 g/mol. The summed E-state index contributed by atoms with van der Waals surface area (Å²) in [7, 11) is 0. The Kier molecular flexibility index (Phi) is 6.62. The van der Waals surface area contributed by atoms with Crippen LogP contribution in [0.2, 0.25) is 0 Å². The minimum Gasteiger partial charge on any atom is -0.452 e. The highest BCUT2D eigenvalue weighted by Crippen LogP contribution is 2.49. The minimum absolute atomic E-state index is 0.0902. The Bertz CT molecular complexity index is 673. The Morgan fingerprint density at radius 1 is 1.21 bits per heavy atom. The summed E-state index contributed by atoms with van der Waals surface area (Å²) < 4.78 is 10.9. The zero-order valence-corrected chi connectivity index (χ0v) is 18.3. The zero-order chi connectivity index (χ0) is 21.3. The van der Waals surface area contributed by atoms with Crippen LogP contribution < -0.4 is 5.32 Å². The van der Waals surface area contributed by atoms with Gasteiger partial charge >= 0.3 is 12.1 Å². The van der Waals surface area contributed by atoms with Crippen LogP contribution in [0.25, 0.3) is 0 Å². The van der Waals surface area contributed by atoms with Gasteiger partial charge in [0.05, 0.1) is 0 Å². The summed E-state index contributed by atoms with van der Waals surface area (Å²) in [6, 6.07) is -0.868. The van der Waals surface area contributed by atoms with Crippen LogP contribution in [-0.2, 0) is 19.1 Å². The van der Waals surface area contributed by atoms with Gasteiger partial charge in [0.1, 0.15) is 11.6 Å². The van der Waals surface area contributed by atoms with Gasteiger partial charge in [-0.05, 0) is 63.9 Å². The number of allylic oxidation sites excluding steroid dienone is 1. The second-order valence-corrected chi connectivity index (χ2v) is 9.73. The summed E-state index contributed by atoms with van der Waals surface area (Å²) >= 11 is 0. The van der Waals surface area contributed by atoms with E-state index in [1.807, 2.05) is 20.8 Å². The lowest BCUT2D eigenvalue weighted by Gasteiger charge is -2.43. The van der Waals surface area contributed by atoms with Crippen molar-refractivity contribution >= 4 is 17.8 Å². The second-order valence-electron chi connectivity index (χ2n) is 9.73. The topological polar surface area (TPSA) is 81.7 Å². The molecule has 0 radical (unpaired) electrons. The van der Waals surface area contributed by atoms with Crippen molar-refractivity contribution in [3.63, 3.8) is 0 Å². The van der Waals surface area contributed by atoms with Crippen molar-refractivity contribution in [2.45, 2.75) is 98.3 Å². The van der Waals surface area contributed by atoms with Crippen molar-refractivity contribution in [1.82, 2.24) is 5.32 Å². The fourth-order valence-corrected chi connectivity index (χ4v) is 4.27. The Balaban J connectivity index is 2.12. The van der Waals surface area contributed by atoms with Crippen LogP contribution >= 0.6 is 0 Å². The normalized spacial score (nSPS) is 26.6. The summed E-state index contributed by atoms with van der Waals surface area (Å²) in [5.74, 6) is -0.895. The van der Waals surface area contributed by atoms with Gasteiger partial charge in [0, 0.05) is 6.42 Å². The van der Waals surface area contributed by atoms with Gasteiger partial charge < -0.3 is 14.8 Å². The molecule has 0 spiro atoms. The number of hydrogen-bond acceptors (Lipinski definition) is 5. The van der Waals surface area contributed by atoms with Crippen LogP contribution in [0.4, 0.5) is 4.79 Å². The zero-order valence-electron chi connectivity index (χ0n) is 18.3. The Morgan fingerprint density at radius 3 is 2.43 bits per heavy atom. The van der Waals surface area contributed by atoms with E-state index < -0.39 is 29.8 Å². The average Bonchev–Trinajstić information content (AvgIpc) is 2.55. The maximum atomic E-state index is 12.8. The summed E-state index contributed by atoms with van der Waals surface area (Å²) in [6.07, 6.45) is 3.24. The third-order valence-corrected chi connectivity index (χ3v) is 5.74. The number of Topliss-reactive ketones (excluding diaryl/α,β-unsaturated/α-hetero) is 1. The third-order valence-electron chi connectivity index (χ3n) is 5.74. The standard InChI is InChI=1S/C22H35NO5/c1-13(2)17(23-20(26)28-21(4,5)6)19(25)27-16-12-22(7)11-9-8-10-15(22)14(3)18(16)24/h13,16-17H,8-12H2,1-7H3,(H,23,26)/t16?,17-,22-/m0/s1. The summed E-state index contributed by atoms with van der Waals surface area (Å²) in [5.41, 5.74) is 1.21. The van der Waals surface area contributed by atoms with E-state index in [0.29, 0.717) is 6.42 Å². The highest BCUT2D eigenvalue weighted by atomic mass is 16.6. The minimum atomic E-state index is -0.868. The number of rotatable bonds is 4. The van der Waals surface area contributed by atoms with E-state index in [2.05, 4.69) is 12.2 Å². The fourth-order valence-electron chi connectivity index (χ4n) is 4.27. The number of carbonyl (C=O) groups excluding carboxylic acids is 3. The van der Waals surface area contributed by atoms with Crippen molar-refractivity contribution in [2.75, 3.05) is 0 Å². The van der Waals surface area contributed by atoms with E-state index in [-0.39, 0.29) is 17.1 Å². The first-order valence-corrected chi connectivity index (χ1v) is 10.3. The number of alkyl carbamates (subject to hydrolysis) is 1. The molecule has 1 saturated carbocycles. The number of fused-ring (bicyclic) bond motifs is 1. The van der Waals surface area contributed by atoms with Gasteiger partial charge in [0.2, 0.25) is 0 Å². The Morgan fingerprint density at radius 2 is 1.86 bits per heavy atom. The molecule has 1 fully saturated rings. The molecule has 0 aromatic carbocycles. The maximum Gasteiger partial charge on any atom is 0.408 e. The molecule has 1 N–H and O–H groups in total. The van der Waals surface area contributed by atoms with E-state index in [1.54, 1.807) is 20.8 Å². The van der Waals surface area contributed by atoms with Crippen molar-refractivity contribution < 1.29 is 23.9 Å². The molecule has 6 heteroatoms. The fraction of sp³-hybridized carbons (Fsp3) is 0.773. The number of amides is 1. The predicted molar refractivity (Wildman–Crippen MR) is 107 cm³/mol. The maximum absolute atomic E-state index is 12.8. The van der Waals surface area contributed by atoms with Crippen LogP contribution in [0, 0.1) is 11.3 Å². The first-order chi connectivity index (χ1) is 12.8. The first-order valence-electron chi connectivity index (χ1n) is 10.3. The van der Waals surface area contributed by atoms with Crippen LogP contribution in [0.3, 0.4) is 0 Å². The number of esters is 1. The van der Waals surface area contributed by atoms with Crippen LogP contribution in [0.5, 0.6) is 0 Å². The molecule has 3 atom stereocenters. The highest BCUT2D eigenvalue weighted by Gasteiger charge is 2.45. The Labute approximate surface area is 168 Å². The smallest absolute Gasteiger partial charge is 0.408 e.